The first-order chi connectivity index (χ1) is 12.6. The lowest BCUT2D eigenvalue weighted by Crippen LogP contribution is -2.21. The number of nitrogens with zero attached hydrogens (tertiary/aromatic N) is 2. The van der Waals surface area contributed by atoms with Crippen LogP contribution in [0.25, 0.3) is 5.69 Å². The third-order valence-corrected chi connectivity index (χ3v) is 4.83. The van der Waals surface area contributed by atoms with Crippen LogP contribution in [0, 0.1) is 6.92 Å². The van der Waals surface area contributed by atoms with Crippen molar-refractivity contribution in [1.29, 1.82) is 0 Å². The van der Waals surface area contributed by atoms with Crippen molar-refractivity contribution in [3.8, 4) is 11.4 Å². The average molecular weight is 366 g/mol. The zero-order valence-corrected chi connectivity index (χ0v) is 15.3. The Kier molecular flexibility index (Phi) is 5.53. The molecule has 0 fully saturated rings. The number of hydrogen-bond donors (Lipinski definition) is 0. The molecule has 0 radical (unpaired) electrons. The van der Waals surface area contributed by atoms with E-state index in [4.69, 9.17) is 4.74 Å². The van der Waals surface area contributed by atoms with Gasteiger partial charge in [0.2, 0.25) is 0 Å². The molecular weight excluding hydrogens is 348 g/mol. The number of ether oxygens (including phenoxy) is 1. The largest absolute Gasteiger partial charge is 0.497 e. The Hall–Kier alpha value is -2.86. The van der Waals surface area contributed by atoms with Gasteiger partial charge in [0.1, 0.15) is 5.75 Å². The number of Topliss-reactive ketones (excluding diaryl/α,β-unsaturated/α-hetero) is 1. The summed E-state index contributed by atoms with van der Waals surface area (Å²) in [5.74, 6) is 0.850. The van der Waals surface area contributed by atoms with Gasteiger partial charge in [-0.1, -0.05) is 41.6 Å². The number of aryl methyl sites for hydroxylation is 1. The number of carbonyl (C=O) groups is 1. The van der Waals surface area contributed by atoms with E-state index >= 15 is 0 Å². The van der Waals surface area contributed by atoms with Crippen molar-refractivity contribution in [2.24, 2.45) is 0 Å². The predicted molar refractivity (Wildman–Crippen MR) is 103 cm³/mol. The van der Waals surface area contributed by atoms with Crippen molar-refractivity contribution >= 4 is 17.5 Å². The molecule has 0 spiro atoms. The van der Waals surface area contributed by atoms with Gasteiger partial charge in [0.25, 0.3) is 5.56 Å². The van der Waals surface area contributed by atoms with Gasteiger partial charge in [0, 0.05) is 23.6 Å². The lowest BCUT2D eigenvalue weighted by Gasteiger charge is -2.08. The van der Waals surface area contributed by atoms with E-state index in [-0.39, 0.29) is 17.1 Å². The molecule has 1 aromatic heterocycles. The predicted octanol–water partition coefficient (Wildman–Crippen LogP) is 3.52. The second kappa shape index (κ2) is 8.01. The van der Waals surface area contributed by atoms with E-state index in [0.717, 1.165) is 17.3 Å². The summed E-state index contributed by atoms with van der Waals surface area (Å²) in [7, 11) is 1.59. The number of carbonyl (C=O) groups excluding carboxylic acids is 1. The fourth-order valence-corrected chi connectivity index (χ4v) is 3.19. The number of hydrogen-bond acceptors (Lipinski definition) is 5. The Bertz CT molecular complexity index is 964. The molecule has 0 atom stereocenters. The molecule has 0 unspecified atom stereocenters. The molecule has 0 aliphatic heterocycles. The first-order valence-electron chi connectivity index (χ1n) is 8.03. The first kappa shape index (κ1) is 17.9. The molecule has 3 aromatic rings. The fraction of sp³-hybridized carbons (Fsp3) is 0.150. The van der Waals surface area contributed by atoms with Gasteiger partial charge in [-0.05, 0) is 31.2 Å². The minimum Gasteiger partial charge on any atom is -0.497 e. The zero-order chi connectivity index (χ0) is 18.5. The maximum Gasteiger partial charge on any atom is 0.287 e. The van der Waals surface area contributed by atoms with Gasteiger partial charge in [0.15, 0.2) is 10.8 Å². The summed E-state index contributed by atoms with van der Waals surface area (Å²) in [6.07, 6.45) is 3.17. The standard InChI is InChI=1S/C20H18N2O3S/c1-14-3-5-15(6-4-14)18(23)13-26-19-20(24)22(12-11-21-19)16-7-9-17(25-2)10-8-16/h3-12H,13H2,1-2H3. The highest BCUT2D eigenvalue weighted by Gasteiger charge is 2.11. The van der Waals surface area contributed by atoms with Crippen molar-refractivity contribution in [3.05, 3.63) is 82.4 Å². The van der Waals surface area contributed by atoms with Crippen molar-refractivity contribution in [2.75, 3.05) is 12.9 Å². The van der Waals surface area contributed by atoms with Gasteiger partial charge in [-0.3, -0.25) is 14.2 Å². The Morgan fingerprint density at radius 1 is 1.12 bits per heavy atom. The van der Waals surface area contributed by atoms with E-state index in [9.17, 15) is 9.59 Å². The Labute approximate surface area is 155 Å². The molecule has 6 heteroatoms. The van der Waals surface area contributed by atoms with Crippen LogP contribution in [0.4, 0.5) is 0 Å². The van der Waals surface area contributed by atoms with E-state index < -0.39 is 0 Å². The van der Waals surface area contributed by atoms with Crippen LogP contribution in [-0.4, -0.2) is 28.2 Å². The maximum absolute atomic E-state index is 12.7. The molecule has 0 amide bonds. The Morgan fingerprint density at radius 2 is 1.81 bits per heavy atom. The third kappa shape index (κ3) is 4.03. The summed E-state index contributed by atoms with van der Waals surface area (Å²) >= 11 is 1.15. The molecule has 2 aromatic carbocycles. The smallest absolute Gasteiger partial charge is 0.287 e. The van der Waals surface area contributed by atoms with Crippen LogP contribution in [0.15, 0.2) is 70.7 Å². The zero-order valence-electron chi connectivity index (χ0n) is 14.5. The second-order valence-electron chi connectivity index (χ2n) is 5.68. The number of rotatable bonds is 6. The van der Waals surface area contributed by atoms with Crippen molar-refractivity contribution in [1.82, 2.24) is 9.55 Å². The molecule has 0 N–H and O–H groups in total. The van der Waals surface area contributed by atoms with E-state index in [0.29, 0.717) is 22.0 Å². The quantitative estimate of drug-likeness (QED) is 0.493. The fourth-order valence-electron chi connectivity index (χ4n) is 2.40. The molecule has 5 nitrogen and oxygen atoms in total. The van der Waals surface area contributed by atoms with E-state index in [1.54, 1.807) is 55.9 Å². The number of aromatic nitrogens is 2. The van der Waals surface area contributed by atoms with Crippen LogP contribution in [0.2, 0.25) is 0 Å². The maximum atomic E-state index is 12.7. The number of ketones is 1. The number of methoxy groups -OCH3 is 1. The third-order valence-electron chi connectivity index (χ3n) is 3.87. The highest BCUT2D eigenvalue weighted by Crippen LogP contribution is 2.16. The molecule has 132 valence electrons. The van der Waals surface area contributed by atoms with E-state index in [1.807, 2.05) is 19.1 Å². The molecular formula is C20H18N2O3S. The van der Waals surface area contributed by atoms with Crippen LogP contribution < -0.4 is 10.3 Å². The van der Waals surface area contributed by atoms with Gasteiger partial charge in [0.05, 0.1) is 12.9 Å². The summed E-state index contributed by atoms with van der Waals surface area (Å²) in [6, 6.07) is 14.6. The molecule has 0 saturated carbocycles. The molecule has 1 heterocycles. The second-order valence-corrected chi connectivity index (χ2v) is 6.65. The van der Waals surface area contributed by atoms with E-state index in [2.05, 4.69) is 4.98 Å². The minimum absolute atomic E-state index is 0.0314. The molecule has 0 aliphatic carbocycles. The van der Waals surface area contributed by atoms with Crippen LogP contribution in [0.5, 0.6) is 5.75 Å². The van der Waals surface area contributed by atoms with Crippen LogP contribution in [0.1, 0.15) is 15.9 Å². The lowest BCUT2D eigenvalue weighted by molar-refractivity contribution is 0.102. The first-order valence-corrected chi connectivity index (χ1v) is 9.02. The van der Waals surface area contributed by atoms with Gasteiger partial charge < -0.3 is 4.74 Å². The molecule has 26 heavy (non-hydrogen) atoms. The van der Waals surface area contributed by atoms with Crippen LogP contribution in [0.3, 0.4) is 0 Å². The van der Waals surface area contributed by atoms with Crippen molar-refractivity contribution in [3.63, 3.8) is 0 Å². The molecule has 0 bridgehead atoms. The Morgan fingerprint density at radius 3 is 2.46 bits per heavy atom. The normalized spacial score (nSPS) is 10.5. The van der Waals surface area contributed by atoms with Crippen molar-refractivity contribution in [2.45, 2.75) is 11.9 Å². The monoisotopic (exact) mass is 366 g/mol. The van der Waals surface area contributed by atoms with Gasteiger partial charge in [-0.15, -0.1) is 0 Å². The Balaban J connectivity index is 1.77. The molecule has 0 saturated heterocycles. The van der Waals surface area contributed by atoms with Gasteiger partial charge in [-0.25, -0.2) is 4.98 Å². The number of benzene rings is 2. The summed E-state index contributed by atoms with van der Waals surface area (Å²) in [5.41, 5.74) is 2.19. The minimum atomic E-state index is -0.251. The SMILES string of the molecule is COc1ccc(-n2ccnc(SCC(=O)c3ccc(C)cc3)c2=O)cc1. The van der Waals surface area contributed by atoms with E-state index in [1.165, 1.54) is 4.57 Å². The topological polar surface area (TPSA) is 61.2 Å². The summed E-state index contributed by atoms with van der Waals surface area (Å²) in [6.45, 7) is 1.97. The highest BCUT2D eigenvalue weighted by atomic mass is 32.2. The van der Waals surface area contributed by atoms with Crippen LogP contribution in [-0.2, 0) is 0 Å². The van der Waals surface area contributed by atoms with Crippen LogP contribution >= 0.6 is 11.8 Å². The summed E-state index contributed by atoms with van der Waals surface area (Å²) in [4.78, 5) is 29.1. The highest BCUT2D eigenvalue weighted by molar-refractivity contribution is 7.99. The molecule has 0 aliphatic rings. The molecule has 3 rings (SSSR count). The average Bonchev–Trinajstić information content (AvgIpc) is 2.67. The lowest BCUT2D eigenvalue weighted by atomic mass is 10.1. The summed E-state index contributed by atoms with van der Waals surface area (Å²) in [5, 5.41) is 0.295. The van der Waals surface area contributed by atoms with Gasteiger partial charge >= 0.3 is 0 Å². The van der Waals surface area contributed by atoms with Crippen molar-refractivity contribution < 1.29 is 9.53 Å². The number of thioether (sulfide) groups is 1. The summed E-state index contributed by atoms with van der Waals surface area (Å²) < 4.78 is 6.64. The van der Waals surface area contributed by atoms with Gasteiger partial charge in [-0.2, -0.15) is 0 Å².